The molecule has 2 amide bonds. The fraction of sp³-hybridized carbons (Fsp3) is 0.786. The Morgan fingerprint density at radius 3 is 2.10 bits per heavy atom. The first kappa shape index (κ1) is 16.5. The third-order valence-corrected chi connectivity index (χ3v) is 3.53. The van der Waals surface area contributed by atoms with E-state index in [1.165, 1.54) is 0 Å². The number of rotatable bonds is 4. The molecule has 0 aromatic carbocycles. The lowest BCUT2D eigenvalue weighted by molar-refractivity contribution is -0.143. The van der Waals surface area contributed by atoms with E-state index in [4.69, 9.17) is 5.11 Å². The number of carboxylic acid groups (broad SMARTS) is 1. The summed E-state index contributed by atoms with van der Waals surface area (Å²) in [5.41, 5.74) is -0.514. The van der Waals surface area contributed by atoms with Crippen molar-refractivity contribution in [3.63, 3.8) is 0 Å². The molecule has 0 saturated heterocycles. The van der Waals surface area contributed by atoms with Gasteiger partial charge in [0.1, 0.15) is 0 Å². The fourth-order valence-electron chi connectivity index (χ4n) is 2.19. The van der Waals surface area contributed by atoms with Gasteiger partial charge in [-0.2, -0.15) is 0 Å². The Morgan fingerprint density at radius 1 is 1.10 bits per heavy atom. The lowest BCUT2D eigenvalue weighted by Gasteiger charge is -2.27. The molecule has 0 atom stereocenters. The summed E-state index contributed by atoms with van der Waals surface area (Å²) in [5.74, 6) is -1.43. The Bertz CT molecular complexity index is 379. The van der Waals surface area contributed by atoms with Crippen molar-refractivity contribution in [3.05, 3.63) is 0 Å². The standard InChI is InChI=1S/C14H24N2O4/c1-14(2,3)13(20)15-8-11(17)16-10-6-4-9(5-7-10)12(18)19/h9-10H,4-8H2,1-3H3,(H,15,20)(H,16,17)(H,18,19). The molecule has 3 N–H and O–H groups in total. The number of carbonyl (C=O) groups excluding carboxylic acids is 2. The van der Waals surface area contributed by atoms with Crippen LogP contribution in [0.4, 0.5) is 0 Å². The van der Waals surface area contributed by atoms with Crippen LogP contribution < -0.4 is 10.6 Å². The Hall–Kier alpha value is -1.59. The van der Waals surface area contributed by atoms with Crippen LogP contribution in [-0.4, -0.2) is 35.5 Å². The van der Waals surface area contributed by atoms with Gasteiger partial charge in [-0.15, -0.1) is 0 Å². The first-order valence-electron chi connectivity index (χ1n) is 7.00. The first-order chi connectivity index (χ1) is 9.20. The van der Waals surface area contributed by atoms with E-state index in [2.05, 4.69) is 10.6 Å². The molecular weight excluding hydrogens is 260 g/mol. The highest BCUT2D eigenvalue weighted by Gasteiger charge is 2.27. The molecule has 0 radical (unpaired) electrons. The van der Waals surface area contributed by atoms with Crippen LogP contribution in [0.15, 0.2) is 0 Å². The largest absolute Gasteiger partial charge is 0.481 e. The molecule has 0 aliphatic heterocycles. The molecule has 114 valence electrons. The maximum absolute atomic E-state index is 11.7. The van der Waals surface area contributed by atoms with E-state index in [1.807, 2.05) is 0 Å². The topological polar surface area (TPSA) is 95.5 Å². The van der Waals surface area contributed by atoms with Crippen LogP contribution in [-0.2, 0) is 14.4 Å². The van der Waals surface area contributed by atoms with Gasteiger partial charge in [-0.3, -0.25) is 14.4 Å². The summed E-state index contributed by atoms with van der Waals surface area (Å²) in [6.45, 7) is 5.32. The molecule has 0 aromatic heterocycles. The van der Waals surface area contributed by atoms with Crippen molar-refractivity contribution in [2.75, 3.05) is 6.54 Å². The van der Waals surface area contributed by atoms with Gasteiger partial charge >= 0.3 is 5.97 Å². The average Bonchev–Trinajstić information content (AvgIpc) is 2.35. The third-order valence-electron chi connectivity index (χ3n) is 3.53. The van der Waals surface area contributed by atoms with Crippen molar-refractivity contribution in [2.45, 2.75) is 52.5 Å². The minimum Gasteiger partial charge on any atom is -0.481 e. The van der Waals surface area contributed by atoms with E-state index in [-0.39, 0.29) is 30.3 Å². The van der Waals surface area contributed by atoms with E-state index < -0.39 is 11.4 Å². The first-order valence-corrected chi connectivity index (χ1v) is 7.00. The molecule has 6 heteroatoms. The summed E-state index contributed by atoms with van der Waals surface area (Å²) in [6.07, 6.45) is 2.54. The van der Waals surface area contributed by atoms with Crippen molar-refractivity contribution < 1.29 is 19.5 Å². The number of carbonyl (C=O) groups is 3. The summed E-state index contributed by atoms with van der Waals surface area (Å²) in [7, 11) is 0. The van der Waals surface area contributed by atoms with E-state index >= 15 is 0 Å². The van der Waals surface area contributed by atoms with E-state index in [0.29, 0.717) is 25.7 Å². The Morgan fingerprint density at radius 2 is 1.65 bits per heavy atom. The number of carboxylic acids is 1. The van der Waals surface area contributed by atoms with Crippen molar-refractivity contribution in [1.82, 2.24) is 10.6 Å². The number of nitrogens with one attached hydrogen (secondary N) is 2. The normalized spacial score (nSPS) is 22.9. The molecule has 20 heavy (non-hydrogen) atoms. The zero-order chi connectivity index (χ0) is 15.3. The van der Waals surface area contributed by atoms with Gasteiger partial charge in [0.2, 0.25) is 11.8 Å². The van der Waals surface area contributed by atoms with Crippen LogP contribution in [0.1, 0.15) is 46.5 Å². The Kier molecular flexibility index (Phi) is 5.53. The molecular formula is C14H24N2O4. The maximum atomic E-state index is 11.7. The van der Waals surface area contributed by atoms with Gasteiger partial charge in [0.25, 0.3) is 0 Å². The zero-order valence-electron chi connectivity index (χ0n) is 12.4. The van der Waals surface area contributed by atoms with Crippen LogP contribution in [0.5, 0.6) is 0 Å². The fourth-order valence-corrected chi connectivity index (χ4v) is 2.19. The van der Waals surface area contributed by atoms with Crippen LogP contribution in [0.25, 0.3) is 0 Å². The summed E-state index contributed by atoms with van der Waals surface area (Å²) in [6, 6.07) is 0.0182. The summed E-state index contributed by atoms with van der Waals surface area (Å²) in [4.78, 5) is 34.2. The predicted octanol–water partition coefficient (Wildman–Crippen LogP) is 0.908. The van der Waals surface area contributed by atoms with Crippen molar-refractivity contribution in [1.29, 1.82) is 0 Å². The lowest BCUT2D eigenvalue weighted by atomic mass is 9.86. The third kappa shape index (κ3) is 5.19. The summed E-state index contributed by atoms with van der Waals surface area (Å²) in [5, 5.41) is 14.3. The summed E-state index contributed by atoms with van der Waals surface area (Å²) >= 11 is 0. The molecule has 6 nitrogen and oxygen atoms in total. The molecule has 0 bridgehead atoms. The Balaban J connectivity index is 2.27. The highest BCUT2D eigenvalue weighted by Crippen LogP contribution is 2.24. The van der Waals surface area contributed by atoms with E-state index in [9.17, 15) is 14.4 Å². The minimum atomic E-state index is -0.757. The van der Waals surface area contributed by atoms with Crippen molar-refractivity contribution >= 4 is 17.8 Å². The molecule has 0 unspecified atom stereocenters. The number of hydrogen-bond acceptors (Lipinski definition) is 3. The minimum absolute atomic E-state index is 0.0182. The predicted molar refractivity (Wildman–Crippen MR) is 74.0 cm³/mol. The zero-order valence-corrected chi connectivity index (χ0v) is 12.4. The monoisotopic (exact) mass is 284 g/mol. The second-order valence-electron chi connectivity index (χ2n) is 6.39. The molecule has 1 aliphatic rings. The molecule has 0 aromatic rings. The second-order valence-corrected chi connectivity index (χ2v) is 6.39. The molecule has 1 saturated carbocycles. The number of hydrogen-bond donors (Lipinski definition) is 3. The van der Waals surface area contributed by atoms with Crippen LogP contribution in [0.2, 0.25) is 0 Å². The summed E-state index contributed by atoms with van der Waals surface area (Å²) < 4.78 is 0. The van der Waals surface area contributed by atoms with Crippen LogP contribution in [0.3, 0.4) is 0 Å². The molecule has 1 fully saturated rings. The SMILES string of the molecule is CC(C)(C)C(=O)NCC(=O)NC1CCC(C(=O)O)CC1. The highest BCUT2D eigenvalue weighted by atomic mass is 16.4. The van der Waals surface area contributed by atoms with Gasteiger partial charge in [-0.1, -0.05) is 20.8 Å². The highest BCUT2D eigenvalue weighted by molar-refractivity contribution is 5.87. The van der Waals surface area contributed by atoms with Crippen LogP contribution in [0, 0.1) is 11.3 Å². The second kappa shape index (κ2) is 6.72. The molecule has 0 heterocycles. The van der Waals surface area contributed by atoms with Gasteiger partial charge in [-0.05, 0) is 25.7 Å². The van der Waals surface area contributed by atoms with Gasteiger partial charge < -0.3 is 15.7 Å². The van der Waals surface area contributed by atoms with Crippen molar-refractivity contribution in [2.24, 2.45) is 11.3 Å². The molecule has 1 rings (SSSR count). The van der Waals surface area contributed by atoms with Gasteiger partial charge in [0.15, 0.2) is 0 Å². The van der Waals surface area contributed by atoms with E-state index in [0.717, 1.165) is 0 Å². The number of amides is 2. The van der Waals surface area contributed by atoms with Crippen molar-refractivity contribution in [3.8, 4) is 0 Å². The van der Waals surface area contributed by atoms with Crippen LogP contribution >= 0.6 is 0 Å². The number of aliphatic carboxylic acids is 1. The van der Waals surface area contributed by atoms with Gasteiger partial charge in [0.05, 0.1) is 12.5 Å². The smallest absolute Gasteiger partial charge is 0.306 e. The maximum Gasteiger partial charge on any atom is 0.306 e. The molecule has 1 aliphatic carbocycles. The lowest BCUT2D eigenvalue weighted by Crippen LogP contribution is -2.45. The van der Waals surface area contributed by atoms with E-state index in [1.54, 1.807) is 20.8 Å². The molecule has 0 spiro atoms. The quantitative estimate of drug-likeness (QED) is 0.715. The Labute approximate surface area is 119 Å². The van der Waals surface area contributed by atoms with Gasteiger partial charge in [0, 0.05) is 11.5 Å². The van der Waals surface area contributed by atoms with Gasteiger partial charge in [-0.25, -0.2) is 0 Å². The average molecular weight is 284 g/mol.